The van der Waals surface area contributed by atoms with Gasteiger partial charge in [0.2, 0.25) is 0 Å². The molecule has 0 saturated carbocycles. The Hall–Kier alpha value is -4.67. The average Bonchev–Trinajstić information content (AvgIpc) is 2.77. The minimum Gasteiger partial charge on any atom is -0.480 e. The van der Waals surface area contributed by atoms with Crippen molar-refractivity contribution >= 4 is 23.0 Å². The average molecular weight is 433 g/mol. The maximum Gasteiger partial charge on any atom is 0.323 e. The summed E-state index contributed by atoms with van der Waals surface area (Å²) in [6.45, 7) is 0. The number of nitro benzene ring substituents is 3. The maximum absolute atomic E-state index is 12.9. The monoisotopic (exact) mass is 433 g/mol. The summed E-state index contributed by atoms with van der Waals surface area (Å²) in [7, 11) is 0. The second kappa shape index (κ2) is 6.17. The molecular formula is C21H11N3O8. The summed E-state index contributed by atoms with van der Waals surface area (Å²) < 4.78 is 0. The molecule has 3 aliphatic rings. The predicted molar refractivity (Wildman–Crippen MR) is 108 cm³/mol. The van der Waals surface area contributed by atoms with Crippen molar-refractivity contribution in [2.24, 2.45) is 0 Å². The molecule has 3 aliphatic carbocycles. The second-order valence-electron chi connectivity index (χ2n) is 7.57. The van der Waals surface area contributed by atoms with Gasteiger partial charge in [-0.2, -0.15) is 0 Å². The normalized spacial score (nSPS) is 19.4. The molecule has 2 bridgehead atoms. The van der Waals surface area contributed by atoms with Crippen LogP contribution in [0.4, 0.5) is 17.1 Å². The van der Waals surface area contributed by atoms with Gasteiger partial charge in [0.25, 0.3) is 17.1 Å². The maximum atomic E-state index is 12.9. The minimum absolute atomic E-state index is 0.124. The van der Waals surface area contributed by atoms with E-state index in [1.165, 1.54) is 48.5 Å². The van der Waals surface area contributed by atoms with E-state index in [9.17, 15) is 40.2 Å². The topological polar surface area (TPSA) is 167 Å². The predicted octanol–water partition coefficient (Wildman–Crippen LogP) is 3.64. The van der Waals surface area contributed by atoms with E-state index < -0.39 is 32.1 Å². The molecule has 32 heavy (non-hydrogen) atoms. The third kappa shape index (κ3) is 2.21. The van der Waals surface area contributed by atoms with Crippen LogP contribution < -0.4 is 0 Å². The molecule has 0 atom stereocenters. The van der Waals surface area contributed by atoms with Gasteiger partial charge in [0, 0.05) is 42.3 Å². The van der Waals surface area contributed by atoms with Gasteiger partial charge in [0.1, 0.15) is 5.41 Å². The molecule has 0 heterocycles. The van der Waals surface area contributed by atoms with Gasteiger partial charge in [-0.25, -0.2) is 0 Å². The Balaban J connectivity index is 1.96. The smallest absolute Gasteiger partial charge is 0.323 e. The number of non-ortho nitro benzene ring substituents is 3. The lowest BCUT2D eigenvalue weighted by Crippen LogP contribution is -2.48. The van der Waals surface area contributed by atoms with E-state index >= 15 is 0 Å². The molecule has 0 saturated heterocycles. The van der Waals surface area contributed by atoms with Crippen LogP contribution in [-0.2, 0) is 10.2 Å². The van der Waals surface area contributed by atoms with Gasteiger partial charge >= 0.3 is 5.97 Å². The van der Waals surface area contributed by atoms with Crippen molar-refractivity contribution in [2.75, 3.05) is 0 Å². The minimum atomic E-state index is -2.00. The van der Waals surface area contributed by atoms with Crippen molar-refractivity contribution in [3.63, 3.8) is 0 Å². The quantitative estimate of drug-likeness (QED) is 0.481. The van der Waals surface area contributed by atoms with E-state index in [0.29, 0.717) is 16.7 Å². The van der Waals surface area contributed by atoms with Crippen LogP contribution in [0.1, 0.15) is 39.3 Å². The number of rotatable bonds is 4. The first-order valence-corrected chi connectivity index (χ1v) is 9.27. The Bertz CT molecular complexity index is 1350. The van der Waals surface area contributed by atoms with Crippen molar-refractivity contribution < 1.29 is 24.7 Å². The molecule has 11 heteroatoms. The highest BCUT2D eigenvalue weighted by Gasteiger charge is 2.57. The first kappa shape index (κ1) is 19.3. The fourth-order valence-corrected chi connectivity index (χ4v) is 5.00. The van der Waals surface area contributed by atoms with Crippen molar-refractivity contribution in [3.05, 3.63) is 118 Å². The molecule has 11 nitrogen and oxygen atoms in total. The van der Waals surface area contributed by atoms with E-state index in [1.54, 1.807) is 0 Å². The molecule has 0 unspecified atom stereocenters. The third-order valence-electron chi connectivity index (χ3n) is 6.21. The van der Waals surface area contributed by atoms with E-state index in [2.05, 4.69) is 0 Å². The Morgan fingerprint density at radius 3 is 1.56 bits per heavy atom. The molecule has 158 valence electrons. The molecule has 1 N–H and O–H groups in total. The Labute approximate surface area is 178 Å². The fourth-order valence-electron chi connectivity index (χ4n) is 5.00. The van der Waals surface area contributed by atoms with Crippen molar-refractivity contribution in [1.29, 1.82) is 0 Å². The fraction of sp³-hybridized carbons (Fsp3) is 0.0952. The standard InChI is InChI=1S/C21H11N3O8/c25-20(26)21-16-6-3-10(22(27)28)7-15(16)19(13-4-1-11(23(29)30)8-17(13)21)14-5-2-12(24(31)32)9-18(14)21/h1-9,19H,(H,25,26). The highest BCUT2D eigenvalue weighted by Crippen LogP contribution is 2.60. The van der Waals surface area contributed by atoms with Crippen LogP contribution in [0.3, 0.4) is 0 Å². The van der Waals surface area contributed by atoms with Gasteiger partial charge in [0.15, 0.2) is 0 Å². The SMILES string of the molecule is O=C(O)C12c3ccc([N+](=O)[O-])cc3C(c3ccc([N+](=O)[O-])cc31)c1ccc([N+](=O)[O-])cc12. The van der Waals surface area contributed by atoms with Crippen molar-refractivity contribution in [2.45, 2.75) is 11.3 Å². The lowest BCUT2D eigenvalue weighted by molar-refractivity contribution is -0.385. The van der Waals surface area contributed by atoms with Crippen LogP contribution in [0.5, 0.6) is 0 Å². The third-order valence-corrected chi connectivity index (χ3v) is 6.21. The van der Waals surface area contributed by atoms with Crippen LogP contribution in [-0.4, -0.2) is 25.8 Å². The molecule has 3 aromatic carbocycles. The first-order chi connectivity index (χ1) is 15.2. The summed E-state index contributed by atoms with van der Waals surface area (Å²) in [6.07, 6.45) is 0. The number of hydrogen-bond acceptors (Lipinski definition) is 7. The molecule has 6 rings (SSSR count). The first-order valence-electron chi connectivity index (χ1n) is 9.27. The van der Waals surface area contributed by atoms with Crippen molar-refractivity contribution in [1.82, 2.24) is 0 Å². The molecule has 0 fully saturated rings. The number of carboxylic acid groups (broad SMARTS) is 1. The zero-order valence-electron chi connectivity index (χ0n) is 15.9. The Kier molecular flexibility index (Phi) is 3.72. The van der Waals surface area contributed by atoms with E-state index in [-0.39, 0.29) is 33.8 Å². The zero-order valence-corrected chi connectivity index (χ0v) is 15.9. The van der Waals surface area contributed by atoms with Crippen LogP contribution in [0.2, 0.25) is 0 Å². The summed E-state index contributed by atoms with van der Waals surface area (Å²) in [6, 6.07) is 11.5. The van der Waals surface area contributed by atoms with E-state index in [0.717, 1.165) is 6.07 Å². The van der Waals surface area contributed by atoms with Gasteiger partial charge in [0.05, 0.1) is 14.8 Å². The number of carbonyl (C=O) groups is 1. The molecule has 0 amide bonds. The highest BCUT2D eigenvalue weighted by molar-refractivity contribution is 5.97. The van der Waals surface area contributed by atoms with E-state index in [4.69, 9.17) is 0 Å². The summed E-state index contributed by atoms with van der Waals surface area (Å²) in [5.74, 6) is -2.06. The molecule has 0 aliphatic heterocycles. The number of hydrogen-bond donors (Lipinski definition) is 1. The summed E-state index contributed by atoms with van der Waals surface area (Å²) in [5, 5.41) is 44.7. The lowest BCUT2D eigenvalue weighted by Gasteiger charge is -2.47. The van der Waals surface area contributed by atoms with Crippen LogP contribution in [0.15, 0.2) is 54.6 Å². The van der Waals surface area contributed by atoms with Gasteiger partial charge in [-0.1, -0.05) is 18.2 Å². The molecule has 3 aromatic rings. The zero-order chi connectivity index (χ0) is 22.9. The number of nitro groups is 3. The summed E-state index contributed by atoms with van der Waals surface area (Å²) in [5.41, 5.74) is -1.16. The highest BCUT2D eigenvalue weighted by atomic mass is 16.6. The molecule has 0 radical (unpaired) electrons. The largest absolute Gasteiger partial charge is 0.480 e. The van der Waals surface area contributed by atoms with Gasteiger partial charge in [-0.3, -0.25) is 35.1 Å². The van der Waals surface area contributed by atoms with E-state index in [1.807, 2.05) is 0 Å². The number of aliphatic carboxylic acids is 1. The summed E-state index contributed by atoms with van der Waals surface area (Å²) in [4.78, 5) is 45.2. The second-order valence-corrected chi connectivity index (χ2v) is 7.57. The molecule has 0 spiro atoms. The van der Waals surface area contributed by atoms with Crippen LogP contribution in [0.25, 0.3) is 0 Å². The number of nitrogens with zero attached hydrogens (tertiary/aromatic N) is 3. The molecular weight excluding hydrogens is 422 g/mol. The van der Waals surface area contributed by atoms with Gasteiger partial charge in [-0.05, 0) is 33.4 Å². The molecule has 0 aromatic heterocycles. The van der Waals surface area contributed by atoms with Gasteiger partial charge in [-0.15, -0.1) is 0 Å². The lowest BCUT2D eigenvalue weighted by atomic mass is 9.53. The summed E-state index contributed by atoms with van der Waals surface area (Å²) >= 11 is 0. The van der Waals surface area contributed by atoms with Crippen LogP contribution in [0, 0.1) is 30.3 Å². The number of carboxylic acids is 1. The van der Waals surface area contributed by atoms with Crippen molar-refractivity contribution in [3.8, 4) is 0 Å². The van der Waals surface area contributed by atoms with Gasteiger partial charge < -0.3 is 5.11 Å². The Morgan fingerprint density at radius 1 is 0.688 bits per heavy atom. The van der Waals surface area contributed by atoms with Crippen LogP contribution >= 0.6 is 0 Å². The Morgan fingerprint density at radius 2 is 1.12 bits per heavy atom. The number of benzene rings is 3.